The summed E-state index contributed by atoms with van der Waals surface area (Å²) >= 11 is 0. The summed E-state index contributed by atoms with van der Waals surface area (Å²) in [5, 5.41) is 29.9. The van der Waals surface area contributed by atoms with Gasteiger partial charge in [0.25, 0.3) is 0 Å². The second-order valence-electron chi connectivity index (χ2n) is 32.1. The molecule has 8 aliphatic heterocycles. The van der Waals surface area contributed by atoms with Crippen LogP contribution in [0.25, 0.3) is 0 Å². The molecule has 0 saturated carbocycles. The van der Waals surface area contributed by atoms with Gasteiger partial charge in [0.1, 0.15) is 66.1 Å². The summed E-state index contributed by atoms with van der Waals surface area (Å²) in [7, 11) is 0. The second-order valence-corrected chi connectivity index (χ2v) is 32.1. The normalized spacial score (nSPS) is 37.1. The Labute approximate surface area is 669 Å². The van der Waals surface area contributed by atoms with Gasteiger partial charge in [-0.1, -0.05) is 210 Å². The van der Waals surface area contributed by atoms with E-state index in [1.807, 2.05) is 244 Å². The molecule has 28 atom stereocenters. The van der Waals surface area contributed by atoms with Crippen molar-refractivity contribution in [2.45, 2.75) is 269 Å². The first-order valence-corrected chi connectivity index (χ1v) is 40.0. The SMILES string of the molecule is CC(=O)O[C@H]1C(CO)O[C@H](O)[C@H](O[C@@H]2OC(C)[C@H](O[C@@H]3OC[C@@H](C)C(O[C@@H]4OC[C@]5(COCc6ccccc6)O[C@@H](c6ccccc6)OC45)[C@H]3OCc3ccccc3)C(C)(O[C@@H]3OC(COCc4ccccc4)[C@@H](OCc4ccccc4)C(OCc4ccccc4)[C@H]3C)[C@@H]2C)C1O[C@@H]1OC(C)[C@H](C)[C@@H]2OC(C)(C)OC12.CC(C)=N. The van der Waals surface area contributed by atoms with E-state index in [1.54, 1.807) is 13.8 Å². The highest BCUT2D eigenvalue weighted by molar-refractivity contribution is 5.75. The first kappa shape index (κ1) is 85.5. The summed E-state index contributed by atoms with van der Waals surface area (Å²) in [6, 6.07) is 59.4. The average Bonchev–Trinajstić information content (AvgIpc) is 0.996. The van der Waals surface area contributed by atoms with Crippen LogP contribution in [-0.4, -0.2) is 201 Å². The number of fused-ring (bicyclic) bond motifs is 2. The van der Waals surface area contributed by atoms with Gasteiger partial charge in [-0.3, -0.25) is 4.79 Å². The van der Waals surface area contributed by atoms with Gasteiger partial charge in [0.05, 0.1) is 96.6 Å². The first-order valence-electron chi connectivity index (χ1n) is 40.0. The Hall–Kier alpha value is -6.42. The molecule has 0 radical (unpaired) electrons. The van der Waals surface area contributed by atoms with Crippen molar-refractivity contribution < 1.29 is 114 Å². The molecule has 0 aliphatic carbocycles. The van der Waals surface area contributed by atoms with Gasteiger partial charge in [-0.15, -0.1) is 0 Å². The molecule has 620 valence electrons. The second kappa shape index (κ2) is 39.0. The van der Waals surface area contributed by atoms with Gasteiger partial charge in [-0.2, -0.15) is 0 Å². The molecule has 10 unspecified atom stereocenters. The number of carbonyl (C=O) groups is 1. The molecule has 25 nitrogen and oxygen atoms in total. The van der Waals surface area contributed by atoms with Crippen LogP contribution in [0.3, 0.4) is 0 Å². The zero-order valence-corrected chi connectivity index (χ0v) is 67.3. The number of rotatable bonds is 30. The van der Waals surface area contributed by atoms with Crippen molar-refractivity contribution in [3.05, 3.63) is 215 Å². The van der Waals surface area contributed by atoms with E-state index in [-0.39, 0.29) is 64.7 Å². The lowest BCUT2D eigenvalue weighted by molar-refractivity contribution is -0.414. The molecule has 0 bridgehead atoms. The average molecular weight is 1580 g/mol. The van der Waals surface area contributed by atoms with E-state index in [4.69, 9.17) is 105 Å². The highest BCUT2D eigenvalue weighted by Gasteiger charge is 2.64. The minimum absolute atomic E-state index is 0.0644. The minimum Gasteiger partial charge on any atom is -0.457 e. The Bertz CT molecular complexity index is 3920. The van der Waals surface area contributed by atoms with Crippen LogP contribution in [0.2, 0.25) is 0 Å². The Kier molecular flexibility index (Phi) is 29.2. The van der Waals surface area contributed by atoms with E-state index in [1.165, 1.54) is 6.92 Å². The number of hydrogen-bond acceptors (Lipinski definition) is 25. The van der Waals surface area contributed by atoms with E-state index >= 15 is 0 Å². The maximum Gasteiger partial charge on any atom is 0.303 e. The lowest BCUT2D eigenvalue weighted by Gasteiger charge is -2.56. The minimum atomic E-state index is -1.82. The van der Waals surface area contributed by atoms with E-state index in [9.17, 15) is 15.0 Å². The Balaban J connectivity index is 0.00000277. The lowest BCUT2D eigenvalue weighted by Crippen LogP contribution is -2.69. The zero-order valence-electron chi connectivity index (χ0n) is 67.3. The van der Waals surface area contributed by atoms with Crippen molar-refractivity contribution in [1.29, 1.82) is 5.41 Å². The first-order chi connectivity index (χ1) is 55.0. The molecule has 0 amide bonds. The fraction of sp³-hybridized carbons (Fsp3) is 0.573. The Morgan fingerprint density at radius 1 is 0.482 bits per heavy atom. The number of carbonyl (C=O) groups excluding carboxylic acids is 1. The lowest BCUT2D eigenvalue weighted by atomic mass is 9.79. The molecule has 8 aliphatic rings. The molecule has 8 fully saturated rings. The van der Waals surface area contributed by atoms with E-state index in [0.717, 1.165) is 33.4 Å². The Morgan fingerprint density at radius 3 is 1.56 bits per heavy atom. The molecule has 8 heterocycles. The zero-order chi connectivity index (χ0) is 80.3. The fourth-order valence-electron chi connectivity index (χ4n) is 16.3. The van der Waals surface area contributed by atoms with Crippen LogP contribution in [0.15, 0.2) is 182 Å². The smallest absolute Gasteiger partial charge is 0.303 e. The van der Waals surface area contributed by atoms with Gasteiger partial charge in [0.2, 0.25) is 0 Å². The summed E-state index contributed by atoms with van der Waals surface area (Å²) in [5.41, 5.74) is 3.59. The number of aliphatic hydroxyl groups excluding tert-OH is 2. The molecule has 114 heavy (non-hydrogen) atoms. The number of hydrogen-bond donors (Lipinski definition) is 3. The standard InChI is InChI=1S/C86H108O24.C3H7N/c1-51-42-95-81(73(94-47-62-37-25-15-26-38-62)66(51)102-83-76-86(50-96-83,49-91-44-59-31-19-12-20-32-59)110-80(106-76)63-39-27-16-28-40-63)105-75-56(6)98-79(104-72-71(70(99-57(7)88)64(41-87)100-77(72)89)103-82-74-68(52(2)55(5)97-82)107-84(8,9)108-74)54(4)85(75,10)109-78-53(3)67(92-45-60-33-21-13-22-34-60)69(93-46-61-35-23-14-24-36-61)65(101-78)48-90-43-58-29-17-11-18-30-58;1-3(2)4/h11-40,51-56,64-83,87,89H,41-50H2,1-10H3;4H,1-2H3/t51-,52+,53-,54-,55?,56?,64?,65?,66?,67?,68+,69-,70+,71?,72-,73-,74?,75+,76?,77+,78+,79+,80+,81+,82+,83+,85?,86+;/m1./s1. The molecule has 8 saturated heterocycles. The number of esters is 1. The third-order valence-corrected chi connectivity index (χ3v) is 22.6. The van der Waals surface area contributed by atoms with Gasteiger partial charge in [-0.05, 0) is 76.3 Å². The van der Waals surface area contributed by atoms with Crippen LogP contribution < -0.4 is 0 Å². The van der Waals surface area contributed by atoms with E-state index < -0.39 is 177 Å². The Morgan fingerprint density at radius 2 is 0.991 bits per heavy atom. The maximum atomic E-state index is 13.3. The summed E-state index contributed by atoms with van der Waals surface area (Å²) in [4.78, 5) is 13.3. The molecule has 6 aromatic rings. The highest BCUT2D eigenvalue weighted by Crippen LogP contribution is 2.50. The van der Waals surface area contributed by atoms with Crippen LogP contribution in [0.1, 0.15) is 123 Å². The van der Waals surface area contributed by atoms with Crippen molar-refractivity contribution in [3.8, 4) is 0 Å². The van der Waals surface area contributed by atoms with Crippen molar-refractivity contribution in [3.63, 3.8) is 0 Å². The van der Waals surface area contributed by atoms with Crippen LogP contribution in [0.4, 0.5) is 0 Å². The van der Waals surface area contributed by atoms with Gasteiger partial charge < -0.3 is 115 Å². The van der Waals surface area contributed by atoms with Crippen LogP contribution in [0, 0.1) is 29.1 Å². The molecular formula is C89H115NO24. The van der Waals surface area contributed by atoms with Crippen LogP contribution in [0.5, 0.6) is 0 Å². The summed E-state index contributed by atoms with van der Waals surface area (Å²) in [5.74, 6) is -3.70. The molecule has 6 aromatic carbocycles. The molecule has 0 spiro atoms. The quantitative estimate of drug-likeness (QED) is 0.0279. The highest BCUT2D eigenvalue weighted by atomic mass is 16.8. The number of benzene rings is 6. The molecule has 0 aromatic heterocycles. The third kappa shape index (κ3) is 20.6. The van der Waals surface area contributed by atoms with E-state index in [0.29, 0.717) is 12.3 Å². The largest absolute Gasteiger partial charge is 0.457 e. The third-order valence-electron chi connectivity index (χ3n) is 22.6. The summed E-state index contributed by atoms with van der Waals surface area (Å²) < 4.78 is 145. The predicted octanol–water partition coefficient (Wildman–Crippen LogP) is 12.0. The van der Waals surface area contributed by atoms with Gasteiger partial charge in [0, 0.05) is 41.9 Å². The van der Waals surface area contributed by atoms with Crippen molar-refractivity contribution in [2.75, 3.05) is 33.0 Å². The van der Waals surface area contributed by atoms with Crippen molar-refractivity contribution in [1.82, 2.24) is 0 Å². The van der Waals surface area contributed by atoms with Crippen molar-refractivity contribution >= 4 is 11.7 Å². The predicted molar refractivity (Wildman–Crippen MR) is 414 cm³/mol. The van der Waals surface area contributed by atoms with Crippen LogP contribution in [-0.2, 0) is 137 Å². The summed E-state index contributed by atoms with van der Waals surface area (Å²) in [6.07, 6.45) is -22.4. The topological polar surface area (TPSA) is 275 Å². The monoisotopic (exact) mass is 1580 g/mol. The molecule has 14 rings (SSSR count). The fourth-order valence-corrected chi connectivity index (χ4v) is 16.3. The summed E-state index contributed by atoms with van der Waals surface area (Å²) in [6.45, 7) is 22.9. The van der Waals surface area contributed by atoms with Crippen molar-refractivity contribution in [2.24, 2.45) is 23.7 Å². The number of nitrogens with one attached hydrogen (secondary N) is 1. The van der Waals surface area contributed by atoms with Gasteiger partial charge >= 0.3 is 5.97 Å². The molecule has 25 heteroatoms. The van der Waals surface area contributed by atoms with Gasteiger partial charge in [0.15, 0.2) is 55.9 Å². The van der Waals surface area contributed by atoms with Crippen LogP contribution >= 0.6 is 0 Å². The number of ether oxygens (including phenoxy) is 21. The van der Waals surface area contributed by atoms with Gasteiger partial charge in [-0.25, -0.2) is 0 Å². The molecule has 3 N–H and O–H groups in total. The number of aliphatic hydroxyl groups is 2. The maximum absolute atomic E-state index is 13.3. The molecular weight excluding hydrogens is 1470 g/mol. The van der Waals surface area contributed by atoms with E-state index in [2.05, 4.69) is 0 Å².